The van der Waals surface area contributed by atoms with Crippen LogP contribution in [0, 0.1) is 11.7 Å². The van der Waals surface area contributed by atoms with E-state index in [1.54, 1.807) is 12.1 Å². The molecule has 4 rings (SSSR count). The van der Waals surface area contributed by atoms with Crippen LogP contribution in [0.3, 0.4) is 0 Å². The standard InChI is InChI=1S/C20H23FN4O/c21-17-8-4-5-9-18(17)24-10-12-25(13-11-24)20(26)16-14-22-23-19(16)15-6-2-1-3-7-15/h1-9,16,19,22-23H,10-14H2. The average Bonchev–Trinajstić information content (AvgIpc) is 3.18. The summed E-state index contributed by atoms with van der Waals surface area (Å²) >= 11 is 0. The van der Waals surface area contributed by atoms with Crippen LogP contribution in [0.5, 0.6) is 0 Å². The van der Waals surface area contributed by atoms with Crippen LogP contribution in [0.25, 0.3) is 0 Å². The number of para-hydroxylation sites is 1. The van der Waals surface area contributed by atoms with Crippen LogP contribution in [-0.2, 0) is 4.79 Å². The molecular weight excluding hydrogens is 331 g/mol. The van der Waals surface area contributed by atoms with Crippen molar-refractivity contribution in [1.82, 2.24) is 15.8 Å². The van der Waals surface area contributed by atoms with Gasteiger partial charge in [0.15, 0.2) is 0 Å². The van der Waals surface area contributed by atoms with Crippen molar-refractivity contribution in [2.24, 2.45) is 5.92 Å². The third kappa shape index (κ3) is 3.30. The zero-order valence-corrected chi connectivity index (χ0v) is 14.6. The minimum absolute atomic E-state index is 0.0201. The number of rotatable bonds is 3. The van der Waals surface area contributed by atoms with Gasteiger partial charge in [-0.05, 0) is 17.7 Å². The number of hydrogen-bond acceptors (Lipinski definition) is 4. The Kier molecular flexibility index (Phi) is 4.86. The van der Waals surface area contributed by atoms with E-state index in [2.05, 4.69) is 10.9 Å². The predicted molar refractivity (Wildman–Crippen MR) is 99.0 cm³/mol. The van der Waals surface area contributed by atoms with Gasteiger partial charge in [0.05, 0.1) is 17.6 Å². The largest absolute Gasteiger partial charge is 0.366 e. The van der Waals surface area contributed by atoms with E-state index in [4.69, 9.17) is 0 Å². The van der Waals surface area contributed by atoms with Crippen molar-refractivity contribution in [3.05, 3.63) is 66.0 Å². The second kappa shape index (κ2) is 7.43. The highest BCUT2D eigenvalue weighted by atomic mass is 19.1. The molecule has 0 spiro atoms. The van der Waals surface area contributed by atoms with Crippen molar-refractivity contribution in [3.8, 4) is 0 Å². The Morgan fingerprint density at radius 3 is 2.38 bits per heavy atom. The number of carbonyl (C=O) groups excluding carboxylic acids is 1. The minimum Gasteiger partial charge on any atom is -0.366 e. The Bertz CT molecular complexity index is 761. The molecular formula is C20H23FN4O. The summed E-state index contributed by atoms with van der Waals surface area (Å²) in [6, 6.07) is 16.8. The van der Waals surface area contributed by atoms with Crippen LogP contribution in [0.4, 0.5) is 10.1 Å². The Hall–Kier alpha value is -2.44. The summed E-state index contributed by atoms with van der Waals surface area (Å²) < 4.78 is 14.0. The van der Waals surface area contributed by atoms with E-state index in [1.807, 2.05) is 46.2 Å². The van der Waals surface area contributed by atoms with Crippen molar-refractivity contribution in [3.63, 3.8) is 0 Å². The van der Waals surface area contributed by atoms with Crippen LogP contribution < -0.4 is 15.8 Å². The molecule has 2 aliphatic heterocycles. The quantitative estimate of drug-likeness (QED) is 0.884. The number of benzene rings is 2. The molecule has 6 heteroatoms. The first-order valence-corrected chi connectivity index (χ1v) is 9.05. The first-order chi connectivity index (χ1) is 12.7. The zero-order valence-electron chi connectivity index (χ0n) is 14.6. The van der Waals surface area contributed by atoms with Crippen LogP contribution in [0.15, 0.2) is 54.6 Å². The summed E-state index contributed by atoms with van der Waals surface area (Å²) in [5.74, 6) is -0.178. The first-order valence-electron chi connectivity index (χ1n) is 9.05. The molecule has 2 aliphatic rings. The molecule has 2 aromatic rings. The molecule has 0 bridgehead atoms. The lowest BCUT2D eigenvalue weighted by atomic mass is 9.93. The van der Waals surface area contributed by atoms with Gasteiger partial charge in [0.1, 0.15) is 5.82 Å². The fraction of sp³-hybridized carbons (Fsp3) is 0.350. The summed E-state index contributed by atoms with van der Waals surface area (Å²) in [6.45, 7) is 3.15. The third-order valence-corrected chi connectivity index (χ3v) is 5.24. The van der Waals surface area contributed by atoms with E-state index in [9.17, 15) is 9.18 Å². The van der Waals surface area contributed by atoms with E-state index >= 15 is 0 Å². The van der Waals surface area contributed by atoms with E-state index < -0.39 is 0 Å². The number of hydrogen-bond donors (Lipinski definition) is 2. The molecule has 26 heavy (non-hydrogen) atoms. The van der Waals surface area contributed by atoms with Gasteiger partial charge in [-0.2, -0.15) is 0 Å². The van der Waals surface area contributed by atoms with E-state index in [0.717, 1.165) is 5.56 Å². The number of nitrogens with zero attached hydrogens (tertiary/aromatic N) is 2. The van der Waals surface area contributed by atoms with Gasteiger partial charge < -0.3 is 9.80 Å². The fourth-order valence-corrected chi connectivity index (χ4v) is 3.81. The molecule has 0 aliphatic carbocycles. The minimum atomic E-state index is -0.208. The van der Waals surface area contributed by atoms with Gasteiger partial charge in [0.2, 0.25) is 5.91 Å². The number of hydrazine groups is 1. The molecule has 2 fully saturated rings. The van der Waals surface area contributed by atoms with E-state index in [-0.39, 0.29) is 23.7 Å². The highest BCUT2D eigenvalue weighted by Crippen LogP contribution is 2.27. The number of halogens is 1. The summed E-state index contributed by atoms with van der Waals surface area (Å²) in [7, 11) is 0. The van der Waals surface area contributed by atoms with E-state index in [1.165, 1.54) is 6.07 Å². The monoisotopic (exact) mass is 354 g/mol. The maximum absolute atomic E-state index is 14.0. The van der Waals surface area contributed by atoms with E-state index in [0.29, 0.717) is 38.4 Å². The maximum atomic E-state index is 14.0. The Morgan fingerprint density at radius 2 is 1.65 bits per heavy atom. The molecule has 5 nitrogen and oxygen atoms in total. The normalized spacial score (nSPS) is 23.3. The highest BCUT2D eigenvalue weighted by Gasteiger charge is 2.37. The maximum Gasteiger partial charge on any atom is 0.229 e. The molecule has 1 amide bonds. The number of piperazine rings is 1. The molecule has 2 N–H and O–H groups in total. The molecule has 2 aromatic carbocycles. The van der Waals surface area contributed by atoms with Crippen molar-refractivity contribution in [2.75, 3.05) is 37.6 Å². The van der Waals surface area contributed by atoms with Gasteiger partial charge in [-0.3, -0.25) is 10.2 Å². The van der Waals surface area contributed by atoms with Crippen molar-refractivity contribution in [2.45, 2.75) is 6.04 Å². The molecule has 136 valence electrons. The number of nitrogens with one attached hydrogen (secondary N) is 2. The molecule has 0 radical (unpaired) electrons. The second-order valence-corrected chi connectivity index (χ2v) is 6.78. The lowest BCUT2D eigenvalue weighted by Gasteiger charge is -2.37. The van der Waals surface area contributed by atoms with Crippen LogP contribution >= 0.6 is 0 Å². The molecule has 2 atom stereocenters. The Labute approximate surface area is 152 Å². The molecule has 2 heterocycles. The lowest BCUT2D eigenvalue weighted by molar-refractivity contribution is -0.135. The van der Waals surface area contributed by atoms with Gasteiger partial charge in [-0.25, -0.2) is 9.82 Å². The van der Waals surface area contributed by atoms with Crippen molar-refractivity contribution >= 4 is 11.6 Å². The third-order valence-electron chi connectivity index (χ3n) is 5.24. The molecule has 2 saturated heterocycles. The smallest absolute Gasteiger partial charge is 0.229 e. The fourth-order valence-electron chi connectivity index (χ4n) is 3.81. The summed E-state index contributed by atoms with van der Waals surface area (Å²) in [4.78, 5) is 17.0. The number of carbonyl (C=O) groups is 1. The Morgan fingerprint density at radius 1 is 0.962 bits per heavy atom. The molecule has 0 saturated carbocycles. The SMILES string of the molecule is O=C(C1CNNC1c1ccccc1)N1CCN(c2ccccc2F)CC1. The van der Waals surface area contributed by atoms with Crippen molar-refractivity contribution in [1.29, 1.82) is 0 Å². The van der Waals surface area contributed by atoms with Gasteiger partial charge in [0, 0.05) is 32.7 Å². The van der Waals surface area contributed by atoms with Gasteiger partial charge in [-0.1, -0.05) is 42.5 Å². The van der Waals surface area contributed by atoms with Gasteiger partial charge in [-0.15, -0.1) is 0 Å². The second-order valence-electron chi connectivity index (χ2n) is 6.78. The topological polar surface area (TPSA) is 47.6 Å². The summed E-state index contributed by atoms with van der Waals surface area (Å²) in [6.07, 6.45) is 0. The number of amides is 1. The highest BCUT2D eigenvalue weighted by molar-refractivity contribution is 5.80. The van der Waals surface area contributed by atoms with Gasteiger partial charge >= 0.3 is 0 Å². The molecule has 2 unspecified atom stereocenters. The average molecular weight is 354 g/mol. The lowest BCUT2D eigenvalue weighted by Crippen LogP contribution is -2.51. The van der Waals surface area contributed by atoms with Crippen LogP contribution in [-0.4, -0.2) is 43.5 Å². The zero-order chi connectivity index (χ0) is 17.9. The molecule has 0 aromatic heterocycles. The summed E-state index contributed by atoms with van der Waals surface area (Å²) in [5, 5.41) is 0. The van der Waals surface area contributed by atoms with Crippen molar-refractivity contribution < 1.29 is 9.18 Å². The summed E-state index contributed by atoms with van der Waals surface area (Å²) in [5.41, 5.74) is 8.08. The Balaban J connectivity index is 1.41. The van der Waals surface area contributed by atoms with Crippen LogP contribution in [0.1, 0.15) is 11.6 Å². The van der Waals surface area contributed by atoms with Crippen LogP contribution in [0.2, 0.25) is 0 Å². The van der Waals surface area contributed by atoms with Gasteiger partial charge in [0.25, 0.3) is 0 Å². The predicted octanol–water partition coefficient (Wildman–Crippen LogP) is 1.94. The number of anilines is 1. The first kappa shape index (κ1) is 17.0.